The van der Waals surface area contributed by atoms with Gasteiger partial charge in [0.25, 0.3) is 0 Å². The van der Waals surface area contributed by atoms with Crippen molar-refractivity contribution in [1.29, 1.82) is 0 Å². The topological polar surface area (TPSA) is 56.0 Å². The summed E-state index contributed by atoms with van der Waals surface area (Å²) in [4.78, 5) is 14.4. The van der Waals surface area contributed by atoms with Gasteiger partial charge in [0.05, 0.1) is 6.20 Å². The fourth-order valence-electron chi connectivity index (χ4n) is 2.49. The number of likely N-dealkylation sites (N-methyl/N-ethyl adjacent to an activating group) is 1. The summed E-state index contributed by atoms with van der Waals surface area (Å²) >= 11 is 0. The predicted octanol–water partition coefficient (Wildman–Crippen LogP) is 2.02. The number of rotatable bonds is 6. The molecule has 0 bridgehead atoms. The molecule has 6 heteroatoms. The summed E-state index contributed by atoms with van der Waals surface area (Å²) in [5, 5.41) is 8.51. The molecule has 0 saturated carbocycles. The molecule has 2 rings (SSSR count). The SMILES string of the molecule is CCC(C(=O)N(C)Cc1cnn(CC)c1C)n1cccn1. The minimum absolute atomic E-state index is 0.0739. The van der Waals surface area contributed by atoms with Gasteiger partial charge < -0.3 is 4.90 Å². The number of hydrogen-bond acceptors (Lipinski definition) is 3. The summed E-state index contributed by atoms with van der Waals surface area (Å²) in [5.41, 5.74) is 2.20. The van der Waals surface area contributed by atoms with Crippen molar-refractivity contribution in [2.24, 2.45) is 0 Å². The van der Waals surface area contributed by atoms with Crippen molar-refractivity contribution in [3.8, 4) is 0 Å². The first-order chi connectivity index (χ1) is 10.1. The Morgan fingerprint density at radius 3 is 2.67 bits per heavy atom. The molecular weight excluding hydrogens is 266 g/mol. The zero-order valence-electron chi connectivity index (χ0n) is 13.2. The van der Waals surface area contributed by atoms with E-state index in [-0.39, 0.29) is 11.9 Å². The van der Waals surface area contributed by atoms with Gasteiger partial charge in [-0.2, -0.15) is 10.2 Å². The van der Waals surface area contributed by atoms with Crippen molar-refractivity contribution in [1.82, 2.24) is 24.5 Å². The second-order valence-corrected chi connectivity index (χ2v) is 5.18. The van der Waals surface area contributed by atoms with Gasteiger partial charge in [0.2, 0.25) is 5.91 Å². The van der Waals surface area contributed by atoms with Crippen molar-refractivity contribution < 1.29 is 4.79 Å². The summed E-state index contributed by atoms with van der Waals surface area (Å²) in [6, 6.07) is 1.59. The molecule has 0 saturated heterocycles. The van der Waals surface area contributed by atoms with Crippen LogP contribution in [-0.4, -0.2) is 37.4 Å². The molecule has 114 valence electrons. The monoisotopic (exact) mass is 289 g/mol. The number of carbonyl (C=O) groups is 1. The number of carbonyl (C=O) groups excluding carboxylic acids is 1. The summed E-state index contributed by atoms with van der Waals surface area (Å²) in [7, 11) is 1.83. The summed E-state index contributed by atoms with van der Waals surface area (Å²) < 4.78 is 3.67. The van der Waals surface area contributed by atoms with E-state index in [4.69, 9.17) is 0 Å². The summed E-state index contributed by atoms with van der Waals surface area (Å²) in [5.74, 6) is 0.0739. The lowest BCUT2D eigenvalue weighted by atomic mass is 10.2. The Labute approximate surface area is 125 Å². The highest BCUT2D eigenvalue weighted by atomic mass is 16.2. The standard InChI is InChI=1S/C15H23N5O/c1-5-14(20-9-7-8-16-20)15(21)18(4)11-13-10-17-19(6-2)12(13)3/h7-10,14H,5-6,11H2,1-4H3. The molecule has 21 heavy (non-hydrogen) atoms. The highest BCUT2D eigenvalue weighted by molar-refractivity contribution is 5.80. The Balaban J connectivity index is 2.10. The van der Waals surface area contributed by atoms with E-state index in [1.165, 1.54) is 0 Å². The molecule has 0 fully saturated rings. The van der Waals surface area contributed by atoms with Gasteiger partial charge in [0, 0.05) is 43.8 Å². The molecular formula is C15H23N5O. The van der Waals surface area contributed by atoms with Crippen LogP contribution in [-0.2, 0) is 17.9 Å². The van der Waals surface area contributed by atoms with Gasteiger partial charge in [-0.05, 0) is 26.3 Å². The van der Waals surface area contributed by atoms with Crippen molar-refractivity contribution >= 4 is 5.91 Å². The number of hydrogen-bond donors (Lipinski definition) is 0. The number of nitrogens with zero attached hydrogens (tertiary/aromatic N) is 5. The first-order valence-corrected chi connectivity index (χ1v) is 7.33. The Bertz CT molecular complexity index is 587. The normalized spacial score (nSPS) is 12.4. The lowest BCUT2D eigenvalue weighted by Crippen LogP contribution is -2.34. The third-order valence-electron chi connectivity index (χ3n) is 3.80. The minimum Gasteiger partial charge on any atom is -0.339 e. The van der Waals surface area contributed by atoms with Crippen LogP contribution in [0.2, 0.25) is 0 Å². The van der Waals surface area contributed by atoms with Crippen LogP contribution in [0.15, 0.2) is 24.7 Å². The molecule has 0 N–H and O–H groups in total. The average molecular weight is 289 g/mol. The van der Waals surface area contributed by atoms with E-state index in [1.807, 2.05) is 44.0 Å². The smallest absolute Gasteiger partial charge is 0.247 e. The van der Waals surface area contributed by atoms with Gasteiger partial charge in [-0.15, -0.1) is 0 Å². The van der Waals surface area contributed by atoms with Gasteiger partial charge in [-0.25, -0.2) is 0 Å². The van der Waals surface area contributed by atoms with Gasteiger partial charge in [-0.1, -0.05) is 6.92 Å². The third-order valence-corrected chi connectivity index (χ3v) is 3.80. The second kappa shape index (κ2) is 6.56. The number of aryl methyl sites for hydroxylation is 1. The zero-order chi connectivity index (χ0) is 15.4. The van der Waals surface area contributed by atoms with E-state index in [2.05, 4.69) is 17.1 Å². The molecule has 0 radical (unpaired) electrons. The van der Waals surface area contributed by atoms with Crippen LogP contribution in [0.5, 0.6) is 0 Å². The zero-order valence-corrected chi connectivity index (χ0v) is 13.2. The lowest BCUT2D eigenvalue weighted by molar-refractivity contribution is -0.134. The number of amides is 1. The van der Waals surface area contributed by atoms with E-state index < -0.39 is 0 Å². The van der Waals surface area contributed by atoms with Crippen molar-refractivity contribution in [3.63, 3.8) is 0 Å². The molecule has 0 aliphatic carbocycles. The van der Waals surface area contributed by atoms with Crippen LogP contribution in [0, 0.1) is 6.92 Å². The Morgan fingerprint density at radius 1 is 1.38 bits per heavy atom. The Morgan fingerprint density at radius 2 is 2.14 bits per heavy atom. The molecule has 1 unspecified atom stereocenters. The molecule has 0 aliphatic heterocycles. The molecule has 0 aromatic carbocycles. The van der Waals surface area contributed by atoms with Gasteiger partial charge >= 0.3 is 0 Å². The van der Waals surface area contributed by atoms with Crippen molar-refractivity contribution in [3.05, 3.63) is 35.9 Å². The quantitative estimate of drug-likeness (QED) is 0.817. The predicted molar refractivity (Wildman–Crippen MR) is 80.7 cm³/mol. The molecule has 0 aliphatic rings. The Kier molecular flexibility index (Phi) is 4.77. The van der Waals surface area contributed by atoms with Crippen LogP contribution in [0.4, 0.5) is 0 Å². The molecule has 0 spiro atoms. The Hall–Kier alpha value is -2.11. The van der Waals surface area contributed by atoms with Crippen LogP contribution < -0.4 is 0 Å². The van der Waals surface area contributed by atoms with Crippen LogP contribution in [0.25, 0.3) is 0 Å². The molecule has 6 nitrogen and oxygen atoms in total. The van der Waals surface area contributed by atoms with E-state index in [0.717, 1.165) is 24.2 Å². The van der Waals surface area contributed by atoms with Crippen molar-refractivity contribution in [2.75, 3.05) is 7.05 Å². The van der Waals surface area contributed by atoms with E-state index in [1.54, 1.807) is 15.8 Å². The molecule has 2 aromatic heterocycles. The molecule has 2 heterocycles. The maximum atomic E-state index is 12.6. The number of aromatic nitrogens is 4. The molecule has 1 atom stereocenters. The maximum absolute atomic E-state index is 12.6. The van der Waals surface area contributed by atoms with E-state index >= 15 is 0 Å². The minimum atomic E-state index is -0.244. The highest BCUT2D eigenvalue weighted by Gasteiger charge is 2.23. The van der Waals surface area contributed by atoms with E-state index in [9.17, 15) is 4.79 Å². The summed E-state index contributed by atoms with van der Waals surface area (Å²) in [6.07, 6.45) is 6.10. The average Bonchev–Trinajstić information content (AvgIpc) is 3.11. The molecule has 2 aromatic rings. The fourth-order valence-corrected chi connectivity index (χ4v) is 2.49. The summed E-state index contributed by atoms with van der Waals surface area (Å²) in [6.45, 7) is 7.51. The van der Waals surface area contributed by atoms with Crippen molar-refractivity contribution in [2.45, 2.75) is 46.3 Å². The van der Waals surface area contributed by atoms with Gasteiger partial charge in [0.15, 0.2) is 0 Å². The third kappa shape index (κ3) is 3.15. The van der Waals surface area contributed by atoms with Crippen LogP contribution >= 0.6 is 0 Å². The van der Waals surface area contributed by atoms with Crippen LogP contribution in [0.3, 0.4) is 0 Å². The maximum Gasteiger partial charge on any atom is 0.247 e. The van der Waals surface area contributed by atoms with Gasteiger partial charge in [0.1, 0.15) is 6.04 Å². The van der Waals surface area contributed by atoms with Crippen LogP contribution in [0.1, 0.15) is 37.6 Å². The fraction of sp³-hybridized carbons (Fsp3) is 0.533. The first kappa shape index (κ1) is 15.3. The molecule has 1 amide bonds. The van der Waals surface area contributed by atoms with Gasteiger partial charge in [-0.3, -0.25) is 14.2 Å². The second-order valence-electron chi connectivity index (χ2n) is 5.18. The van der Waals surface area contributed by atoms with E-state index in [0.29, 0.717) is 6.54 Å². The highest BCUT2D eigenvalue weighted by Crippen LogP contribution is 2.16. The lowest BCUT2D eigenvalue weighted by Gasteiger charge is -2.23. The first-order valence-electron chi connectivity index (χ1n) is 7.33. The largest absolute Gasteiger partial charge is 0.339 e.